The molecule has 3 N–H and O–H groups in total. The Bertz CT molecular complexity index is 1030. The van der Waals surface area contributed by atoms with E-state index in [1.807, 2.05) is 0 Å². The number of ether oxygens (including phenoxy) is 1. The molecule has 0 radical (unpaired) electrons. The van der Waals surface area contributed by atoms with E-state index < -0.39 is 54.2 Å². The Balaban J connectivity index is 2.29. The number of benzene rings is 2. The summed E-state index contributed by atoms with van der Waals surface area (Å²) in [6.07, 6.45) is -10.6. The van der Waals surface area contributed by atoms with E-state index in [0.717, 1.165) is 24.3 Å². The quantitative estimate of drug-likeness (QED) is 0.342. The molecule has 35 heavy (non-hydrogen) atoms. The largest absolute Gasteiger partial charge is 0.423 e. The smallest absolute Gasteiger partial charge is 0.381 e. The van der Waals surface area contributed by atoms with Crippen LogP contribution in [0, 0.1) is 0 Å². The van der Waals surface area contributed by atoms with Gasteiger partial charge in [0.1, 0.15) is 0 Å². The zero-order chi connectivity index (χ0) is 26.6. The summed E-state index contributed by atoms with van der Waals surface area (Å²) < 4.78 is 87.1. The Morgan fingerprint density at radius 2 is 1.66 bits per heavy atom. The molecule has 2 aromatic rings. The summed E-state index contributed by atoms with van der Waals surface area (Å²) in [6.45, 7) is -0.0754. The van der Waals surface area contributed by atoms with Gasteiger partial charge in [0.2, 0.25) is 11.5 Å². The molecule has 194 valence electrons. The molecule has 0 aliphatic rings. The number of methoxy groups -OCH3 is 1. The van der Waals surface area contributed by atoms with Crippen molar-refractivity contribution >= 4 is 34.8 Å². The summed E-state index contributed by atoms with van der Waals surface area (Å²) in [6, 6.07) is 5.62. The number of amides is 1. The lowest BCUT2D eigenvalue weighted by molar-refractivity contribution is -0.260. The number of hydrogen-bond acceptors (Lipinski definition) is 4. The number of alkyl halides is 6. The van der Waals surface area contributed by atoms with Crippen LogP contribution in [-0.2, 0) is 27.9 Å². The Hall–Kier alpha value is -2.21. The van der Waals surface area contributed by atoms with Crippen LogP contribution < -0.4 is 10.6 Å². The number of aliphatic hydroxyl groups is 1. The third-order valence-electron chi connectivity index (χ3n) is 5.12. The SMILES string of the molecule is CO[C@@H](C)CC(=O)NCc1ccc(NC[C@@](O)(c2cc(Cl)cc(Cl)c2)C(F)(F)F)cc1C(F)(F)F. The maximum absolute atomic E-state index is 13.8. The van der Waals surface area contributed by atoms with Gasteiger partial charge in [0, 0.05) is 29.4 Å². The van der Waals surface area contributed by atoms with Gasteiger partial charge in [-0.2, -0.15) is 26.3 Å². The lowest BCUT2D eigenvalue weighted by Gasteiger charge is -2.32. The highest BCUT2D eigenvalue weighted by atomic mass is 35.5. The number of halogens is 8. The third-order valence-corrected chi connectivity index (χ3v) is 5.56. The lowest BCUT2D eigenvalue weighted by Crippen LogP contribution is -2.47. The lowest BCUT2D eigenvalue weighted by atomic mass is 9.92. The average Bonchev–Trinajstić information content (AvgIpc) is 2.74. The summed E-state index contributed by atoms with van der Waals surface area (Å²) in [5.41, 5.74) is -5.99. The number of carbonyl (C=O) groups is 1. The highest BCUT2D eigenvalue weighted by Crippen LogP contribution is 2.41. The maximum atomic E-state index is 13.8. The summed E-state index contributed by atoms with van der Waals surface area (Å²) >= 11 is 11.5. The van der Waals surface area contributed by atoms with Crippen molar-refractivity contribution in [3.05, 3.63) is 63.1 Å². The monoisotopic (exact) mass is 546 g/mol. The highest BCUT2D eigenvalue weighted by Gasteiger charge is 2.55. The van der Waals surface area contributed by atoms with Gasteiger partial charge in [0.15, 0.2) is 0 Å². The molecule has 0 bridgehead atoms. The number of nitrogens with one attached hydrogen (secondary N) is 2. The van der Waals surface area contributed by atoms with E-state index >= 15 is 0 Å². The summed E-state index contributed by atoms with van der Waals surface area (Å²) in [5, 5.41) is 14.7. The first kappa shape index (κ1) is 29.0. The van der Waals surface area contributed by atoms with E-state index in [1.54, 1.807) is 6.92 Å². The third kappa shape index (κ3) is 7.63. The van der Waals surface area contributed by atoms with Crippen molar-refractivity contribution in [2.24, 2.45) is 0 Å². The molecule has 13 heteroatoms. The van der Waals surface area contributed by atoms with Gasteiger partial charge in [-0.15, -0.1) is 0 Å². The van der Waals surface area contributed by atoms with Crippen LogP contribution in [0.25, 0.3) is 0 Å². The van der Waals surface area contributed by atoms with E-state index in [9.17, 15) is 36.2 Å². The molecule has 0 aliphatic carbocycles. The molecule has 0 fully saturated rings. The number of carbonyl (C=O) groups excluding carboxylic acids is 1. The van der Waals surface area contributed by atoms with Crippen LogP contribution in [0.4, 0.5) is 32.0 Å². The fourth-order valence-corrected chi connectivity index (χ4v) is 3.63. The number of hydrogen-bond donors (Lipinski definition) is 3. The minimum atomic E-state index is -5.22. The van der Waals surface area contributed by atoms with Crippen LogP contribution in [-0.4, -0.2) is 36.9 Å². The van der Waals surface area contributed by atoms with Crippen LogP contribution >= 0.6 is 23.2 Å². The molecule has 2 atom stereocenters. The van der Waals surface area contributed by atoms with Crippen molar-refractivity contribution in [2.45, 2.75) is 43.9 Å². The van der Waals surface area contributed by atoms with Gasteiger partial charge >= 0.3 is 12.4 Å². The Morgan fingerprint density at radius 1 is 1.06 bits per heavy atom. The maximum Gasteiger partial charge on any atom is 0.423 e. The second kappa shape index (κ2) is 11.2. The number of rotatable bonds is 9. The predicted octanol–water partition coefficient (Wildman–Crippen LogP) is 5.92. The Labute approximate surface area is 207 Å². The van der Waals surface area contributed by atoms with E-state index in [4.69, 9.17) is 27.9 Å². The first-order chi connectivity index (χ1) is 16.1. The molecule has 1 amide bonds. The molecule has 0 aromatic heterocycles. The van der Waals surface area contributed by atoms with Gasteiger partial charge in [0.05, 0.1) is 24.6 Å². The molecule has 2 aromatic carbocycles. The fourth-order valence-electron chi connectivity index (χ4n) is 3.10. The molecule has 2 rings (SSSR count). The second-order valence-corrected chi connectivity index (χ2v) is 8.64. The van der Waals surface area contributed by atoms with Gasteiger partial charge in [0.25, 0.3) is 0 Å². The Kier molecular flexibility index (Phi) is 9.32. The second-order valence-electron chi connectivity index (χ2n) is 7.77. The minimum absolute atomic E-state index is 0.0684. The van der Waals surface area contributed by atoms with Crippen LogP contribution in [0.2, 0.25) is 10.0 Å². The molecule has 0 saturated carbocycles. The first-order valence-electron chi connectivity index (χ1n) is 10.1. The number of anilines is 1. The minimum Gasteiger partial charge on any atom is -0.381 e. The molecule has 0 aliphatic heterocycles. The Morgan fingerprint density at radius 3 is 2.17 bits per heavy atom. The fraction of sp³-hybridized carbons (Fsp3) is 0.409. The van der Waals surface area contributed by atoms with Crippen LogP contribution in [0.1, 0.15) is 30.0 Å². The van der Waals surface area contributed by atoms with Gasteiger partial charge < -0.3 is 20.5 Å². The summed E-state index contributed by atoms with van der Waals surface area (Å²) in [4.78, 5) is 11.9. The standard InChI is InChI=1S/C22H22Cl2F6N2O3/c1-12(35-2)5-19(33)31-10-13-3-4-17(9-18(13)21(25,26)27)32-11-20(34,22(28,29)30)14-6-15(23)8-16(24)7-14/h3-4,6-9,12,32,34H,5,10-11H2,1-2H3,(H,31,33)/t12-,20+/m0/s1. The van der Waals surface area contributed by atoms with Crippen molar-refractivity contribution in [2.75, 3.05) is 19.0 Å². The summed E-state index contributed by atoms with van der Waals surface area (Å²) in [7, 11) is 1.38. The first-order valence-corrected chi connectivity index (χ1v) is 10.8. The zero-order valence-electron chi connectivity index (χ0n) is 18.5. The van der Waals surface area contributed by atoms with Crippen molar-refractivity contribution < 1.29 is 41.0 Å². The molecular formula is C22H22Cl2F6N2O3. The predicted molar refractivity (Wildman–Crippen MR) is 119 cm³/mol. The zero-order valence-corrected chi connectivity index (χ0v) is 20.0. The van der Waals surface area contributed by atoms with Gasteiger partial charge in [-0.25, -0.2) is 0 Å². The molecule has 0 heterocycles. The van der Waals surface area contributed by atoms with E-state index in [2.05, 4.69) is 10.6 Å². The normalized spacial score (nSPS) is 14.8. The molecule has 5 nitrogen and oxygen atoms in total. The van der Waals surface area contributed by atoms with Crippen LogP contribution in [0.15, 0.2) is 36.4 Å². The van der Waals surface area contributed by atoms with Gasteiger partial charge in [-0.3, -0.25) is 4.79 Å². The average molecular weight is 547 g/mol. The van der Waals surface area contributed by atoms with Crippen molar-refractivity contribution in [3.63, 3.8) is 0 Å². The van der Waals surface area contributed by atoms with E-state index in [-0.39, 0.29) is 27.7 Å². The topological polar surface area (TPSA) is 70.6 Å². The molecule has 0 unspecified atom stereocenters. The van der Waals surface area contributed by atoms with Gasteiger partial charge in [-0.05, 0) is 48.4 Å². The van der Waals surface area contributed by atoms with Crippen LogP contribution in [0.5, 0.6) is 0 Å². The molecule has 0 spiro atoms. The summed E-state index contributed by atoms with van der Waals surface area (Å²) in [5.74, 6) is -0.537. The van der Waals surface area contributed by atoms with Gasteiger partial charge in [-0.1, -0.05) is 29.3 Å². The van der Waals surface area contributed by atoms with Crippen molar-refractivity contribution in [3.8, 4) is 0 Å². The van der Waals surface area contributed by atoms with E-state index in [1.165, 1.54) is 13.2 Å². The molecular weight excluding hydrogens is 525 g/mol. The van der Waals surface area contributed by atoms with Crippen molar-refractivity contribution in [1.82, 2.24) is 5.32 Å². The van der Waals surface area contributed by atoms with E-state index in [0.29, 0.717) is 6.07 Å². The van der Waals surface area contributed by atoms with Crippen molar-refractivity contribution in [1.29, 1.82) is 0 Å². The highest BCUT2D eigenvalue weighted by molar-refractivity contribution is 6.34. The molecule has 0 saturated heterocycles. The van der Waals surface area contributed by atoms with Crippen LogP contribution in [0.3, 0.4) is 0 Å².